The Morgan fingerprint density at radius 1 is 1.23 bits per heavy atom. The SMILES string of the molecule is CC1(C)c2cc(Cl)ccc2C(=O)N1c1cncc(CN2CCOC2=O)c1. The summed E-state index contributed by atoms with van der Waals surface area (Å²) in [6.45, 7) is 5.33. The molecule has 0 spiro atoms. The number of anilines is 1. The summed E-state index contributed by atoms with van der Waals surface area (Å²) in [6.07, 6.45) is 3.04. The Kier molecular flexibility index (Phi) is 3.88. The van der Waals surface area contributed by atoms with Gasteiger partial charge in [-0.05, 0) is 49.2 Å². The topological polar surface area (TPSA) is 62.7 Å². The zero-order chi connectivity index (χ0) is 18.5. The Balaban J connectivity index is 1.69. The molecule has 0 N–H and O–H groups in total. The number of nitrogens with zero attached hydrogens (tertiary/aromatic N) is 3. The molecule has 0 unspecified atom stereocenters. The molecule has 4 rings (SSSR count). The van der Waals surface area contributed by atoms with Crippen LogP contribution in [-0.2, 0) is 16.8 Å². The summed E-state index contributed by atoms with van der Waals surface area (Å²) >= 11 is 6.13. The van der Waals surface area contributed by atoms with E-state index in [-0.39, 0.29) is 12.0 Å². The second-order valence-corrected chi connectivity index (χ2v) is 7.41. The van der Waals surface area contributed by atoms with Gasteiger partial charge in [-0.1, -0.05) is 11.6 Å². The van der Waals surface area contributed by atoms with Gasteiger partial charge in [0.25, 0.3) is 5.91 Å². The number of aromatic nitrogens is 1. The van der Waals surface area contributed by atoms with Gasteiger partial charge in [-0.25, -0.2) is 4.79 Å². The molecule has 2 aliphatic rings. The van der Waals surface area contributed by atoms with E-state index in [0.717, 1.165) is 11.1 Å². The summed E-state index contributed by atoms with van der Waals surface area (Å²) in [7, 11) is 0. The predicted molar refractivity (Wildman–Crippen MR) is 97.3 cm³/mol. The lowest BCUT2D eigenvalue weighted by Crippen LogP contribution is -2.39. The van der Waals surface area contributed by atoms with Gasteiger partial charge >= 0.3 is 6.09 Å². The Morgan fingerprint density at radius 3 is 2.77 bits per heavy atom. The van der Waals surface area contributed by atoms with Gasteiger partial charge < -0.3 is 9.64 Å². The number of halogens is 1. The molecular formula is C19H18ClN3O3. The third-order valence-electron chi connectivity index (χ3n) is 4.89. The Morgan fingerprint density at radius 2 is 2.04 bits per heavy atom. The Bertz CT molecular complexity index is 913. The van der Waals surface area contributed by atoms with Crippen molar-refractivity contribution in [3.05, 3.63) is 58.4 Å². The second-order valence-electron chi connectivity index (χ2n) is 6.98. The molecule has 0 saturated carbocycles. The van der Waals surface area contributed by atoms with E-state index >= 15 is 0 Å². The van der Waals surface area contributed by atoms with Crippen LogP contribution in [0.25, 0.3) is 0 Å². The molecule has 0 atom stereocenters. The van der Waals surface area contributed by atoms with E-state index in [1.807, 2.05) is 26.0 Å². The number of carbonyl (C=O) groups is 2. The molecule has 1 saturated heterocycles. The molecule has 2 aromatic rings. The van der Waals surface area contributed by atoms with Crippen molar-refractivity contribution in [1.82, 2.24) is 9.88 Å². The van der Waals surface area contributed by atoms with E-state index in [2.05, 4.69) is 4.98 Å². The molecule has 3 heterocycles. The van der Waals surface area contributed by atoms with Gasteiger partial charge in [0.2, 0.25) is 0 Å². The fraction of sp³-hybridized carbons (Fsp3) is 0.316. The largest absolute Gasteiger partial charge is 0.448 e. The van der Waals surface area contributed by atoms with Gasteiger partial charge in [0.05, 0.1) is 30.5 Å². The lowest BCUT2D eigenvalue weighted by molar-refractivity contribution is 0.0982. The number of hydrogen-bond donors (Lipinski definition) is 0. The first-order chi connectivity index (χ1) is 12.4. The minimum absolute atomic E-state index is 0.0822. The zero-order valence-corrected chi connectivity index (χ0v) is 15.3. The number of amides is 2. The maximum atomic E-state index is 13.0. The average Bonchev–Trinajstić information content (AvgIpc) is 3.07. The molecule has 26 heavy (non-hydrogen) atoms. The minimum Gasteiger partial charge on any atom is -0.448 e. The van der Waals surface area contributed by atoms with Crippen LogP contribution < -0.4 is 4.90 Å². The van der Waals surface area contributed by atoms with Crippen LogP contribution in [0.3, 0.4) is 0 Å². The quantitative estimate of drug-likeness (QED) is 0.827. The van der Waals surface area contributed by atoms with Crippen LogP contribution in [0.5, 0.6) is 0 Å². The Hall–Kier alpha value is -2.60. The van der Waals surface area contributed by atoms with Gasteiger partial charge in [0, 0.05) is 16.8 Å². The first kappa shape index (κ1) is 16.8. The third-order valence-corrected chi connectivity index (χ3v) is 5.13. The maximum Gasteiger partial charge on any atom is 0.410 e. The summed E-state index contributed by atoms with van der Waals surface area (Å²) < 4.78 is 4.96. The summed E-state index contributed by atoms with van der Waals surface area (Å²) in [5, 5.41) is 0.603. The minimum atomic E-state index is -0.551. The number of hydrogen-bond acceptors (Lipinski definition) is 4. The maximum absolute atomic E-state index is 13.0. The van der Waals surface area contributed by atoms with Gasteiger partial charge in [0.1, 0.15) is 6.61 Å². The molecule has 1 aromatic heterocycles. The molecule has 134 valence electrons. The van der Waals surface area contributed by atoms with E-state index in [4.69, 9.17) is 16.3 Å². The summed E-state index contributed by atoms with van der Waals surface area (Å²) in [6, 6.07) is 7.23. The zero-order valence-electron chi connectivity index (χ0n) is 14.5. The van der Waals surface area contributed by atoms with E-state index in [9.17, 15) is 9.59 Å². The molecule has 1 fully saturated rings. The van der Waals surface area contributed by atoms with Crippen molar-refractivity contribution in [2.24, 2.45) is 0 Å². The van der Waals surface area contributed by atoms with Crippen LogP contribution >= 0.6 is 11.6 Å². The van der Waals surface area contributed by atoms with Crippen molar-refractivity contribution in [2.45, 2.75) is 25.9 Å². The fourth-order valence-electron chi connectivity index (χ4n) is 3.62. The lowest BCUT2D eigenvalue weighted by atomic mass is 9.93. The van der Waals surface area contributed by atoms with Gasteiger partial charge in [-0.2, -0.15) is 0 Å². The molecule has 2 amide bonds. The lowest BCUT2D eigenvalue weighted by Gasteiger charge is -2.32. The van der Waals surface area contributed by atoms with E-state index in [1.54, 1.807) is 34.3 Å². The number of benzene rings is 1. The number of carbonyl (C=O) groups excluding carboxylic acids is 2. The smallest absolute Gasteiger partial charge is 0.410 e. The Labute approximate surface area is 156 Å². The van der Waals surface area contributed by atoms with E-state index in [1.165, 1.54) is 0 Å². The number of fused-ring (bicyclic) bond motifs is 1. The van der Waals surface area contributed by atoms with Crippen LogP contribution in [0, 0.1) is 0 Å². The van der Waals surface area contributed by atoms with Crippen LogP contribution in [0.4, 0.5) is 10.5 Å². The number of cyclic esters (lactones) is 1. The van der Waals surface area contributed by atoms with E-state index in [0.29, 0.717) is 36.0 Å². The van der Waals surface area contributed by atoms with E-state index < -0.39 is 5.54 Å². The highest BCUT2D eigenvalue weighted by Gasteiger charge is 2.44. The van der Waals surface area contributed by atoms with Crippen LogP contribution in [0.1, 0.15) is 35.3 Å². The number of rotatable bonds is 3. The highest BCUT2D eigenvalue weighted by atomic mass is 35.5. The van der Waals surface area contributed by atoms with Gasteiger partial charge in [-0.15, -0.1) is 0 Å². The monoisotopic (exact) mass is 371 g/mol. The molecule has 0 bridgehead atoms. The van der Waals surface area contributed by atoms with Crippen molar-refractivity contribution < 1.29 is 14.3 Å². The molecule has 6 nitrogen and oxygen atoms in total. The first-order valence-electron chi connectivity index (χ1n) is 8.38. The first-order valence-corrected chi connectivity index (χ1v) is 8.76. The molecule has 1 aromatic carbocycles. The van der Waals surface area contributed by atoms with Crippen molar-refractivity contribution in [3.63, 3.8) is 0 Å². The number of ether oxygens (including phenoxy) is 1. The van der Waals surface area contributed by atoms with Crippen LogP contribution in [0.2, 0.25) is 5.02 Å². The highest BCUT2D eigenvalue weighted by molar-refractivity contribution is 6.31. The molecule has 0 aliphatic carbocycles. The third kappa shape index (κ3) is 2.61. The van der Waals surface area contributed by atoms with Crippen LogP contribution in [-0.4, -0.2) is 35.0 Å². The van der Waals surface area contributed by atoms with Crippen molar-refractivity contribution >= 4 is 29.3 Å². The number of pyridine rings is 1. The van der Waals surface area contributed by atoms with Crippen LogP contribution in [0.15, 0.2) is 36.7 Å². The van der Waals surface area contributed by atoms with Gasteiger partial charge in [-0.3, -0.25) is 14.7 Å². The van der Waals surface area contributed by atoms with Crippen molar-refractivity contribution in [1.29, 1.82) is 0 Å². The van der Waals surface area contributed by atoms with Crippen molar-refractivity contribution in [3.8, 4) is 0 Å². The standard InChI is InChI=1S/C19H18ClN3O3/c1-19(2)16-8-13(20)3-4-15(16)17(24)23(19)14-7-12(9-21-10-14)11-22-5-6-26-18(22)25/h3-4,7-10H,5-6,11H2,1-2H3. The normalized spacial score (nSPS) is 18.3. The van der Waals surface area contributed by atoms with Crippen molar-refractivity contribution in [2.75, 3.05) is 18.1 Å². The highest BCUT2D eigenvalue weighted by Crippen LogP contribution is 2.42. The molecule has 7 heteroatoms. The summed E-state index contributed by atoms with van der Waals surface area (Å²) in [5.41, 5.74) is 2.53. The fourth-order valence-corrected chi connectivity index (χ4v) is 3.79. The summed E-state index contributed by atoms with van der Waals surface area (Å²) in [4.78, 5) is 32.3. The molecule has 0 radical (unpaired) electrons. The molecular weight excluding hydrogens is 354 g/mol. The average molecular weight is 372 g/mol. The predicted octanol–water partition coefficient (Wildman–Crippen LogP) is 3.58. The summed E-state index contributed by atoms with van der Waals surface area (Å²) in [5.74, 6) is -0.0822. The molecule has 2 aliphatic heterocycles. The van der Waals surface area contributed by atoms with Gasteiger partial charge in [0.15, 0.2) is 0 Å². The second kappa shape index (κ2) is 5.99.